The molecule has 0 unspecified atom stereocenters. The summed E-state index contributed by atoms with van der Waals surface area (Å²) < 4.78 is 6.13. The fraction of sp³-hybridized carbons (Fsp3) is 0.545. The fourth-order valence-corrected chi connectivity index (χ4v) is 1.31. The predicted octanol–water partition coefficient (Wildman–Crippen LogP) is 0.344. The van der Waals surface area contributed by atoms with Crippen LogP contribution < -0.4 is 11.2 Å². The van der Waals surface area contributed by atoms with E-state index >= 15 is 0 Å². The highest BCUT2D eigenvalue weighted by atomic mass is 16.6. The van der Waals surface area contributed by atoms with E-state index in [4.69, 9.17) is 4.74 Å². The van der Waals surface area contributed by atoms with Gasteiger partial charge in [0.05, 0.1) is 5.56 Å². The van der Waals surface area contributed by atoms with Crippen molar-refractivity contribution in [2.75, 3.05) is 0 Å². The molecule has 0 radical (unpaired) electrons. The molecule has 1 aromatic rings. The van der Waals surface area contributed by atoms with Gasteiger partial charge in [-0.25, -0.2) is 9.59 Å². The summed E-state index contributed by atoms with van der Waals surface area (Å²) in [5, 5.41) is 9.50. The average molecular weight is 256 g/mol. The number of rotatable bonds is 0. The fourth-order valence-electron chi connectivity index (χ4n) is 1.31. The Morgan fingerprint density at radius 2 is 1.78 bits per heavy atom. The summed E-state index contributed by atoms with van der Waals surface area (Å²) in [6, 6.07) is 0. The Morgan fingerprint density at radius 3 is 2.22 bits per heavy atom. The van der Waals surface area contributed by atoms with Crippen molar-refractivity contribution in [3.63, 3.8) is 0 Å². The van der Waals surface area contributed by atoms with Crippen LogP contribution in [0.1, 0.15) is 26.3 Å². The molecule has 0 atom stereocenters. The molecule has 0 aliphatic heterocycles. The van der Waals surface area contributed by atoms with Gasteiger partial charge in [0.1, 0.15) is 5.60 Å². The number of aromatic nitrogens is 2. The number of carbonyl (C=O) groups excluding carboxylic acids is 1. The lowest BCUT2D eigenvalue weighted by Gasteiger charge is -2.20. The number of nitrogens with zero attached hydrogens (tertiary/aromatic N) is 2. The summed E-state index contributed by atoms with van der Waals surface area (Å²) in [7, 11) is 1.25. The van der Waals surface area contributed by atoms with E-state index in [1.54, 1.807) is 20.8 Å². The van der Waals surface area contributed by atoms with Crippen molar-refractivity contribution in [3.05, 3.63) is 26.4 Å². The molecule has 1 heterocycles. The summed E-state index contributed by atoms with van der Waals surface area (Å²) >= 11 is 0. The Hall–Kier alpha value is -2.05. The van der Waals surface area contributed by atoms with Gasteiger partial charge in [0.2, 0.25) is 5.88 Å². The van der Waals surface area contributed by atoms with Crippen molar-refractivity contribution >= 4 is 6.09 Å². The molecule has 0 amide bonds. The molecule has 1 aromatic heterocycles. The van der Waals surface area contributed by atoms with Gasteiger partial charge in [-0.3, -0.25) is 9.36 Å². The van der Waals surface area contributed by atoms with E-state index in [0.717, 1.165) is 4.57 Å². The molecule has 0 saturated heterocycles. The molecule has 0 spiro atoms. The first kappa shape index (κ1) is 14.0. The first-order valence-corrected chi connectivity index (χ1v) is 5.31. The van der Waals surface area contributed by atoms with E-state index in [1.165, 1.54) is 14.0 Å². The van der Waals surface area contributed by atoms with E-state index in [-0.39, 0.29) is 5.56 Å². The molecule has 18 heavy (non-hydrogen) atoms. The molecular weight excluding hydrogens is 240 g/mol. The molecule has 0 fully saturated rings. The molecule has 0 aliphatic carbocycles. The molecular formula is C11H16N2O5. The molecule has 7 heteroatoms. The molecule has 0 aromatic carbocycles. The van der Waals surface area contributed by atoms with E-state index in [1.807, 2.05) is 0 Å². The smallest absolute Gasteiger partial charge is 0.425 e. The van der Waals surface area contributed by atoms with Crippen molar-refractivity contribution in [2.45, 2.75) is 33.3 Å². The molecule has 0 saturated carbocycles. The summed E-state index contributed by atoms with van der Waals surface area (Å²) in [6.07, 6.45) is -1.06. The Balaban J connectivity index is 3.49. The molecule has 0 aliphatic rings. The summed E-state index contributed by atoms with van der Waals surface area (Å²) in [6.45, 7) is 6.17. The van der Waals surface area contributed by atoms with Gasteiger partial charge in [-0.15, -0.1) is 0 Å². The summed E-state index contributed by atoms with van der Waals surface area (Å²) in [5.41, 5.74) is -2.75. The van der Waals surface area contributed by atoms with Gasteiger partial charge in [-0.1, -0.05) is 0 Å². The Morgan fingerprint density at radius 1 is 1.28 bits per heavy atom. The minimum absolute atomic E-state index is 0.0945. The normalized spacial score (nSPS) is 11.4. The third kappa shape index (κ3) is 2.44. The van der Waals surface area contributed by atoms with Crippen LogP contribution in [-0.2, 0) is 11.8 Å². The molecule has 7 nitrogen and oxygen atoms in total. The maximum Gasteiger partial charge on any atom is 0.425 e. The summed E-state index contributed by atoms with van der Waals surface area (Å²) in [5.74, 6) is -0.468. The number of ether oxygens (including phenoxy) is 1. The summed E-state index contributed by atoms with van der Waals surface area (Å²) in [4.78, 5) is 35.3. The number of carbonyl (C=O) groups is 1. The van der Waals surface area contributed by atoms with Crippen LogP contribution in [0.15, 0.2) is 9.59 Å². The van der Waals surface area contributed by atoms with Crippen molar-refractivity contribution < 1.29 is 14.6 Å². The average Bonchev–Trinajstić information content (AvgIpc) is 2.21. The molecule has 1 rings (SSSR count). The Labute approximate surface area is 103 Å². The predicted molar refractivity (Wildman–Crippen MR) is 64.0 cm³/mol. The van der Waals surface area contributed by atoms with Gasteiger partial charge >= 0.3 is 11.8 Å². The second-order valence-electron chi connectivity index (χ2n) is 4.91. The zero-order valence-electron chi connectivity index (χ0n) is 11.0. The monoisotopic (exact) mass is 256 g/mol. The van der Waals surface area contributed by atoms with Gasteiger partial charge in [-0.2, -0.15) is 4.57 Å². The maximum absolute atomic E-state index is 11.8. The third-order valence-electron chi connectivity index (χ3n) is 2.23. The molecule has 1 N–H and O–H groups in total. The van der Waals surface area contributed by atoms with Crippen LogP contribution in [0.5, 0.6) is 5.88 Å². The molecule has 100 valence electrons. The van der Waals surface area contributed by atoms with Gasteiger partial charge in [-0.05, 0) is 27.7 Å². The van der Waals surface area contributed by atoms with Crippen molar-refractivity contribution in [1.82, 2.24) is 9.13 Å². The number of hydrogen-bond donors (Lipinski definition) is 1. The quantitative estimate of drug-likeness (QED) is 0.723. The van der Waals surface area contributed by atoms with E-state index in [0.29, 0.717) is 4.57 Å². The lowest BCUT2D eigenvalue weighted by atomic mass is 10.2. The van der Waals surface area contributed by atoms with Crippen molar-refractivity contribution in [3.8, 4) is 5.88 Å². The number of hydrogen-bond acceptors (Lipinski definition) is 5. The van der Waals surface area contributed by atoms with Gasteiger partial charge in [0, 0.05) is 7.05 Å². The van der Waals surface area contributed by atoms with Crippen LogP contribution in [0.4, 0.5) is 4.79 Å². The second-order valence-corrected chi connectivity index (χ2v) is 4.91. The van der Waals surface area contributed by atoms with Gasteiger partial charge < -0.3 is 9.84 Å². The first-order valence-electron chi connectivity index (χ1n) is 5.31. The highest BCUT2D eigenvalue weighted by Crippen LogP contribution is 2.09. The van der Waals surface area contributed by atoms with E-state index < -0.39 is 28.8 Å². The van der Waals surface area contributed by atoms with Gasteiger partial charge in [0.25, 0.3) is 5.56 Å². The largest absolute Gasteiger partial charge is 0.494 e. The van der Waals surface area contributed by atoms with Crippen LogP contribution in [0.25, 0.3) is 0 Å². The van der Waals surface area contributed by atoms with E-state index in [2.05, 4.69) is 0 Å². The highest BCUT2D eigenvalue weighted by molar-refractivity contribution is 5.70. The highest BCUT2D eigenvalue weighted by Gasteiger charge is 2.23. The Kier molecular flexibility index (Phi) is 3.36. The Bertz CT molecular complexity index is 566. The third-order valence-corrected chi connectivity index (χ3v) is 2.23. The van der Waals surface area contributed by atoms with Crippen LogP contribution in [0.3, 0.4) is 0 Å². The van der Waals surface area contributed by atoms with Crippen molar-refractivity contribution in [1.29, 1.82) is 0 Å². The second kappa shape index (κ2) is 4.32. The lowest BCUT2D eigenvalue weighted by Crippen LogP contribution is -2.45. The lowest BCUT2D eigenvalue weighted by molar-refractivity contribution is 0.0519. The zero-order chi connectivity index (χ0) is 14.2. The SMILES string of the molecule is Cc1c(O)n(C)c(=O)n(C(=O)OC(C)(C)C)c1=O. The standard InChI is InChI=1S/C11H16N2O5/c1-6-7(14)12(5)9(16)13(8(6)15)10(17)18-11(2,3)4/h14H,1-5H3. The topological polar surface area (TPSA) is 90.5 Å². The zero-order valence-corrected chi connectivity index (χ0v) is 11.0. The van der Waals surface area contributed by atoms with E-state index in [9.17, 15) is 19.5 Å². The molecule has 0 bridgehead atoms. The van der Waals surface area contributed by atoms with Crippen LogP contribution >= 0.6 is 0 Å². The maximum atomic E-state index is 11.8. The minimum Gasteiger partial charge on any atom is -0.494 e. The van der Waals surface area contributed by atoms with Crippen LogP contribution in [-0.4, -0.2) is 25.9 Å². The van der Waals surface area contributed by atoms with Gasteiger partial charge in [0.15, 0.2) is 0 Å². The minimum atomic E-state index is -1.06. The van der Waals surface area contributed by atoms with Crippen molar-refractivity contribution in [2.24, 2.45) is 7.05 Å². The number of aromatic hydroxyl groups is 1. The first-order chi connectivity index (χ1) is 8.06. The van der Waals surface area contributed by atoms with Crippen LogP contribution in [0.2, 0.25) is 0 Å². The van der Waals surface area contributed by atoms with Crippen LogP contribution in [0, 0.1) is 6.92 Å².